The summed E-state index contributed by atoms with van der Waals surface area (Å²) in [4.78, 5) is 23.8. The zero-order chi connectivity index (χ0) is 18.7. The lowest BCUT2D eigenvalue weighted by molar-refractivity contribution is -0.142. The van der Waals surface area contributed by atoms with Crippen LogP contribution in [0.5, 0.6) is 0 Å². The molecule has 3 rings (SSSR count). The third kappa shape index (κ3) is 3.59. The van der Waals surface area contributed by atoms with E-state index in [-0.39, 0.29) is 18.4 Å². The van der Waals surface area contributed by atoms with Gasteiger partial charge in [0.15, 0.2) is 5.76 Å². The smallest absolute Gasteiger partial charge is 0.420 e. The number of ether oxygens (including phenoxy) is 1. The molecule has 134 valence electrons. The Labute approximate surface area is 149 Å². The van der Waals surface area contributed by atoms with Gasteiger partial charge in [-0.15, -0.1) is 0 Å². The van der Waals surface area contributed by atoms with Crippen molar-refractivity contribution in [2.45, 2.75) is 26.5 Å². The third-order valence-electron chi connectivity index (χ3n) is 4.13. The van der Waals surface area contributed by atoms with Crippen LogP contribution in [-0.4, -0.2) is 10.5 Å². The molecule has 0 spiro atoms. The number of rotatable bonds is 5. The minimum atomic E-state index is -0.567. The van der Waals surface area contributed by atoms with Crippen molar-refractivity contribution in [3.63, 3.8) is 0 Å². The van der Waals surface area contributed by atoms with E-state index in [0.29, 0.717) is 11.3 Å². The number of halogens is 1. The minimum absolute atomic E-state index is 0.120. The van der Waals surface area contributed by atoms with Crippen molar-refractivity contribution in [3.05, 3.63) is 82.2 Å². The molecule has 0 bridgehead atoms. The van der Waals surface area contributed by atoms with E-state index in [1.165, 1.54) is 35.8 Å². The standard InChI is InChI=1S/C20H18FNO4/c1-13(15-6-4-3-5-7-15)22-18(12-25-14(2)23)19(26-20(22)24)16-8-10-17(21)11-9-16/h3-11,13H,12H2,1-2H3/t13-/m0/s1. The van der Waals surface area contributed by atoms with Crippen LogP contribution < -0.4 is 5.76 Å². The van der Waals surface area contributed by atoms with Gasteiger partial charge in [-0.2, -0.15) is 0 Å². The topological polar surface area (TPSA) is 61.4 Å². The summed E-state index contributed by atoms with van der Waals surface area (Å²) in [5, 5.41) is 0. The van der Waals surface area contributed by atoms with Gasteiger partial charge in [-0.3, -0.25) is 9.36 Å². The van der Waals surface area contributed by atoms with Crippen LogP contribution in [0.15, 0.2) is 63.8 Å². The molecule has 0 N–H and O–H groups in total. The Kier molecular flexibility index (Phi) is 5.02. The first kappa shape index (κ1) is 17.7. The van der Waals surface area contributed by atoms with Crippen molar-refractivity contribution in [1.29, 1.82) is 0 Å². The first-order valence-corrected chi connectivity index (χ1v) is 8.16. The summed E-state index contributed by atoms with van der Waals surface area (Å²) in [6.07, 6.45) is 0. The Morgan fingerprint density at radius 3 is 2.42 bits per heavy atom. The maximum atomic E-state index is 13.2. The number of nitrogens with zero attached hydrogens (tertiary/aromatic N) is 1. The predicted octanol–water partition coefficient (Wildman–Crippen LogP) is 3.92. The average molecular weight is 355 g/mol. The summed E-state index contributed by atoms with van der Waals surface area (Å²) >= 11 is 0. The third-order valence-corrected chi connectivity index (χ3v) is 4.13. The highest BCUT2D eigenvalue weighted by molar-refractivity contribution is 5.66. The second-order valence-corrected chi connectivity index (χ2v) is 5.89. The largest absolute Gasteiger partial charge is 0.459 e. The molecule has 0 aliphatic rings. The van der Waals surface area contributed by atoms with Gasteiger partial charge in [-0.25, -0.2) is 9.18 Å². The van der Waals surface area contributed by atoms with Crippen LogP contribution in [0.3, 0.4) is 0 Å². The second-order valence-electron chi connectivity index (χ2n) is 5.89. The summed E-state index contributed by atoms with van der Waals surface area (Å²) in [6.45, 7) is 3.03. The van der Waals surface area contributed by atoms with Gasteiger partial charge in [0, 0.05) is 12.5 Å². The van der Waals surface area contributed by atoms with Crippen molar-refractivity contribution in [3.8, 4) is 11.3 Å². The molecule has 3 aromatic rings. The molecule has 0 aliphatic heterocycles. The van der Waals surface area contributed by atoms with Gasteiger partial charge in [0.05, 0.1) is 6.04 Å². The highest BCUT2D eigenvalue weighted by Gasteiger charge is 2.23. The Morgan fingerprint density at radius 2 is 1.81 bits per heavy atom. The molecule has 0 fully saturated rings. The van der Waals surface area contributed by atoms with Gasteiger partial charge in [0.1, 0.15) is 18.1 Å². The van der Waals surface area contributed by atoms with E-state index in [0.717, 1.165) is 5.56 Å². The lowest BCUT2D eigenvalue weighted by Gasteiger charge is -2.16. The number of oxazole rings is 1. The van der Waals surface area contributed by atoms with Crippen LogP contribution in [0.4, 0.5) is 4.39 Å². The molecule has 0 amide bonds. The molecule has 0 aliphatic carbocycles. The number of hydrogen-bond acceptors (Lipinski definition) is 4. The molecule has 1 heterocycles. The molecular formula is C20H18FNO4. The number of carbonyl (C=O) groups is 1. The number of carbonyl (C=O) groups excluding carboxylic acids is 1. The van der Waals surface area contributed by atoms with Crippen LogP contribution in [-0.2, 0) is 16.1 Å². The molecule has 26 heavy (non-hydrogen) atoms. The first-order chi connectivity index (χ1) is 12.5. The molecule has 0 saturated heterocycles. The SMILES string of the molecule is CC(=O)OCc1c(-c2ccc(F)cc2)oc(=O)n1[C@@H](C)c1ccccc1. The molecule has 2 aromatic carbocycles. The zero-order valence-corrected chi connectivity index (χ0v) is 14.4. The lowest BCUT2D eigenvalue weighted by atomic mass is 10.1. The molecule has 0 radical (unpaired) electrons. The van der Waals surface area contributed by atoms with Crippen molar-refractivity contribution in [2.75, 3.05) is 0 Å². The molecule has 1 atom stereocenters. The van der Waals surface area contributed by atoms with E-state index in [4.69, 9.17) is 9.15 Å². The highest BCUT2D eigenvalue weighted by atomic mass is 19.1. The van der Waals surface area contributed by atoms with E-state index in [1.54, 1.807) is 0 Å². The highest BCUT2D eigenvalue weighted by Crippen LogP contribution is 2.28. The van der Waals surface area contributed by atoms with Crippen molar-refractivity contribution < 1.29 is 18.3 Å². The fourth-order valence-corrected chi connectivity index (χ4v) is 2.82. The van der Waals surface area contributed by atoms with Gasteiger partial charge in [0.25, 0.3) is 0 Å². The minimum Gasteiger partial charge on any atom is -0.459 e. The van der Waals surface area contributed by atoms with Gasteiger partial charge in [-0.1, -0.05) is 30.3 Å². The van der Waals surface area contributed by atoms with E-state index in [9.17, 15) is 14.0 Å². The predicted molar refractivity (Wildman–Crippen MR) is 94.1 cm³/mol. The summed E-state index contributed by atoms with van der Waals surface area (Å²) in [7, 11) is 0. The Hall–Kier alpha value is -3.15. The van der Waals surface area contributed by atoms with E-state index < -0.39 is 17.5 Å². The molecular weight excluding hydrogens is 337 g/mol. The van der Waals surface area contributed by atoms with Crippen LogP contribution in [0.1, 0.15) is 31.1 Å². The number of hydrogen-bond donors (Lipinski definition) is 0. The van der Waals surface area contributed by atoms with Crippen LogP contribution in [0.2, 0.25) is 0 Å². The van der Waals surface area contributed by atoms with E-state index >= 15 is 0 Å². The van der Waals surface area contributed by atoms with Gasteiger partial charge in [0.2, 0.25) is 0 Å². The average Bonchev–Trinajstić information content (AvgIpc) is 2.97. The molecule has 0 unspecified atom stereocenters. The molecule has 0 saturated carbocycles. The van der Waals surface area contributed by atoms with Crippen LogP contribution >= 0.6 is 0 Å². The number of benzene rings is 2. The lowest BCUT2D eigenvalue weighted by Crippen LogP contribution is -2.22. The van der Waals surface area contributed by atoms with Gasteiger partial charge in [-0.05, 0) is 36.8 Å². The quantitative estimate of drug-likeness (QED) is 0.651. The van der Waals surface area contributed by atoms with Crippen molar-refractivity contribution in [2.24, 2.45) is 0 Å². The number of aromatic nitrogens is 1. The first-order valence-electron chi connectivity index (χ1n) is 8.16. The van der Waals surface area contributed by atoms with E-state index in [1.807, 2.05) is 37.3 Å². The zero-order valence-electron chi connectivity index (χ0n) is 14.4. The number of esters is 1. The van der Waals surface area contributed by atoms with Crippen molar-refractivity contribution >= 4 is 5.97 Å². The fraction of sp³-hybridized carbons (Fsp3) is 0.200. The summed E-state index contributed by atoms with van der Waals surface area (Å²) in [5.41, 5.74) is 1.86. The Bertz CT molecular complexity index is 958. The Balaban J connectivity index is 2.12. The molecule has 5 nitrogen and oxygen atoms in total. The second kappa shape index (κ2) is 7.39. The van der Waals surface area contributed by atoms with Gasteiger partial charge >= 0.3 is 11.7 Å². The van der Waals surface area contributed by atoms with Crippen LogP contribution in [0, 0.1) is 5.82 Å². The normalized spacial score (nSPS) is 12.0. The maximum absolute atomic E-state index is 13.2. The van der Waals surface area contributed by atoms with Crippen molar-refractivity contribution in [1.82, 2.24) is 4.57 Å². The summed E-state index contributed by atoms with van der Waals surface area (Å²) in [6, 6.07) is 14.7. The molecule has 6 heteroatoms. The van der Waals surface area contributed by atoms with E-state index in [2.05, 4.69) is 0 Å². The summed E-state index contributed by atoms with van der Waals surface area (Å²) < 4.78 is 25.2. The maximum Gasteiger partial charge on any atom is 0.420 e. The van der Waals surface area contributed by atoms with Crippen LogP contribution in [0.25, 0.3) is 11.3 Å². The summed E-state index contributed by atoms with van der Waals surface area (Å²) in [5.74, 6) is -1.17. The monoisotopic (exact) mass is 355 g/mol. The Morgan fingerprint density at radius 1 is 1.15 bits per heavy atom. The van der Waals surface area contributed by atoms with Gasteiger partial charge < -0.3 is 9.15 Å². The fourth-order valence-electron chi connectivity index (χ4n) is 2.82. The molecule has 1 aromatic heterocycles.